The fourth-order valence-corrected chi connectivity index (χ4v) is 1.37. The predicted octanol–water partition coefficient (Wildman–Crippen LogP) is 3.01. The van der Waals surface area contributed by atoms with E-state index in [0.717, 1.165) is 19.1 Å². The van der Waals surface area contributed by atoms with Crippen molar-refractivity contribution in [3.8, 4) is 0 Å². The molecule has 0 fully saturated rings. The van der Waals surface area contributed by atoms with Gasteiger partial charge in [0.1, 0.15) is 6.29 Å². The van der Waals surface area contributed by atoms with Gasteiger partial charge >= 0.3 is 0 Å². The van der Waals surface area contributed by atoms with Gasteiger partial charge in [-0.15, -0.1) is 0 Å². The highest BCUT2D eigenvalue weighted by atomic mass is 16.1. The second kappa shape index (κ2) is 6.14. The monoisotopic (exact) mass is 188 g/mol. The molecule has 1 heteroatoms. The Kier molecular flexibility index (Phi) is 4.70. The number of hydrogen-bond acceptors (Lipinski definition) is 1. The molecule has 1 atom stereocenters. The van der Waals surface area contributed by atoms with Crippen molar-refractivity contribution in [1.82, 2.24) is 0 Å². The third-order valence-electron chi connectivity index (χ3n) is 2.25. The van der Waals surface area contributed by atoms with Crippen LogP contribution in [0, 0.1) is 5.92 Å². The Morgan fingerprint density at radius 3 is 2.64 bits per heavy atom. The molecule has 0 amide bonds. The Balaban J connectivity index is 2.34. The van der Waals surface area contributed by atoms with Crippen LogP contribution in [0.3, 0.4) is 0 Å². The summed E-state index contributed by atoms with van der Waals surface area (Å²) in [6.07, 6.45) is 6.53. The van der Waals surface area contributed by atoms with E-state index in [1.165, 1.54) is 5.56 Å². The molecule has 14 heavy (non-hydrogen) atoms. The van der Waals surface area contributed by atoms with Crippen LogP contribution in [0.5, 0.6) is 0 Å². The lowest BCUT2D eigenvalue weighted by Crippen LogP contribution is -1.93. The van der Waals surface area contributed by atoms with Gasteiger partial charge in [0.2, 0.25) is 0 Å². The summed E-state index contributed by atoms with van der Waals surface area (Å²) in [4.78, 5) is 10.1. The van der Waals surface area contributed by atoms with Gasteiger partial charge in [-0.3, -0.25) is 4.79 Å². The first kappa shape index (κ1) is 10.7. The van der Waals surface area contributed by atoms with Gasteiger partial charge in [-0.05, 0) is 30.4 Å². The van der Waals surface area contributed by atoms with Crippen molar-refractivity contribution in [2.45, 2.75) is 19.8 Å². The topological polar surface area (TPSA) is 17.1 Å². The first-order valence-corrected chi connectivity index (χ1v) is 4.99. The van der Waals surface area contributed by atoms with Gasteiger partial charge in [0.15, 0.2) is 0 Å². The van der Waals surface area contributed by atoms with Gasteiger partial charge in [0.05, 0.1) is 0 Å². The van der Waals surface area contributed by atoms with E-state index < -0.39 is 0 Å². The van der Waals surface area contributed by atoms with E-state index >= 15 is 0 Å². The number of rotatable bonds is 5. The quantitative estimate of drug-likeness (QED) is 0.513. The molecule has 1 aromatic carbocycles. The summed E-state index contributed by atoms with van der Waals surface area (Å²) in [5.74, 6) is 0.473. The van der Waals surface area contributed by atoms with Crippen LogP contribution in [-0.4, -0.2) is 6.29 Å². The fourth-order valence-electron chi connectivity index (χ4n) is 1.37. The number of allylic oxidation sites excluding steroid dienone is 2. The first-order chi connectivity index (χ1) is 6.83. The van der Waals surface area contributed by atoms with Crippen molar-refractivity contribution in [1.29, 1.82) is 0 Å². The summed E-state index contributed by atoms with van der Waals surface area (Å²) < 4.78 is 0. The number of carbonyl (C=O) groups is 1. The van der Waals surface area contributed by atoms with Crippen LogP contribution in [0.25, 0.3) is 0 Å². The standard InChI is InChI=1S/C13H16O/c1-12(6-5-11-14)9-10-13-7-3-2-4-8-13/h2-8,11-12H,9-10H2,1H3/b6-5+. The smallest absolute Gasteiger partial charge is 0.142 e. The van der Waals surface area contributed by atoms with E-state index in [4.69, 9.17) is 0 Å². The largest absolute Gasteiger partial charge is 0.299 e. The lowest BCUT2D eigenvalue weighted by Gasteiger charge is -2.05. The van der Waals surface area contributed by atoms with E-state index in [1.54, 1.807) is 6.08 Å². The average molecular weight is 188 g/mol. The zero-order valence-electron chi connectivity index (χ0n) is 8.52. The Bertz CT molecular complexity index is 287. The van der Waals surface area contributed by atoms with E-state index in [2.05, 4.69) is 31.2 Å². The summed E-state index contributed by atoms with van der Waals surface area (Å²) in [6, 6.07) is 10.4. The van der Waals surface area contributed by atoms with Crippen molar-refractivity contribution in [3.05, 3.63) is 48.0 Å². The molecule has 0 bridgehead atoms. The molecule has 0 heterocycles. The highest BCUT2D eigenvalue weighted by Crippen LogP contribution is 2.09. The van der Waals surface area contributed by atoms with Crippen molar-refractivity contribution >= 4 is 6.29 Å². The number of benzene rings is 1. The molecule has 1 unspecified atom stereocenters. The van der Waals surface area contributed by atoms with Crippen LogP contribution in [0.1, 0.15) is 18.9 Å². The normalized spacial score (nSPS) is 12.9. The average Bonchev–Trinajstić information content (AvgIpc) is 2.25. The molecule has 0 N–H and O–H groups in total. The van der Waals surface area contributed by atoms with Crippen molar-refractivity contribution in [3.63, 3.8) is 0 Å². The zero-order valence-corrected chi connectivity index (χ0v) is 8.52. The van der Waals surface area contributed by atoms with E-state index in [1.807, 2.05) is 12.1 Å². The van der Waals surface area contributed by atoms with Crippen LogP contribution in [0.4, 0.5) is 0 Å². The molecule has 0 saturated heterocycles. The highest BCUT2D eigenvalue weighted by molar-refractivity contribution is 5.64. The minimum absolute atomic E-state index is 0.473. The van der Waals surface area contributed by atoms with E-state index in [0.29, 0.717) is 5.92 Å². The maximum Gasteiger partial charge on any atom is 0.142 e. The second-order valence-corrected chi connectivity index (χ2v) is 3.52. The third-order valence-corrected chi connectivity index (χ3v) is 2.25. The summed E-state index contributed by atoms with van der Waals surface area (Å²) in [6.45, 7) is 2.13. The summed E-state index contributed by atoms with van der Waals surface area (Å²) in [5.41, 5.74) is 1.36. The van der Waals surface area contributed by atoms with Gasteiger partial charge in [0, 0.05) is 0 Å². The second-order valence-electron chi connectivity index (χ2n) is 3.52. The molecule has 0 aromatic heterocycles. The SMILES string of the molecule is CC(/C=C/C=O)CCc1ccccc1. The summed E-state index contributed by atoms with van der Waals surface area (Å²) in [5, 5.41) is 0. The third kappa shape index (κ3) is 4.04. The van der Waals surface area contributed by atoms with Gasteiger partial charge in [-0.25, -0.2) is 0 Å². The van der Waals surface area contributed by atoms with Crippen molar-refractivity contribution in [2.75, 3.05) is 0 Å². The van der Waals surface area contributed by atoms with Crippen LogP contribution >= 0.6 is 0 Å². The first-order valence-electron chi connectivity index (χ1n) is 4.99. The maximum absolute atomic E-state index is 10.1. The molecule has 0 saturated carbocycles. The molecule has 0 spiro atoms. The molecule has 1 nitrogen and oxygen atoms in total. The minimum atomic E-state index is 0.473. The molecular weight excluding hydrogens is 172 g/mol. The van der Waals surface area contributed by atoms with Crippen molar-refractivity contribution in [2.24, 2.45) is 5.92 Å². The number of aryl methyl sites for hydroxylation is 1. The molecule has 0 aliphatic heterocycles. The van der Waals surface area contributed by atoms with Gasteiger partial charge < -0.3 is 0 Å². The Labute approximate surface area is 85.5 Å². The van der Waals surface area contributed by atoms with Gasteiger partial charge in [-0.2, -0.15) is 0 Å². The van der Waals surface area contributed by atoms with Gasteiger partial charge in [-0.1, -0.05) is 43.3 Å². The molecule has 1 aromatic rings. The molecule has 0 radical (unpaired) electrons. The van der Waals surface area contributed by atoms with Crippen LogP contribution < -0.4 is 0 Å². The Morgan fingerprint density at radius 2 is 2.00 bits per heavy atom. The molecular formula is C13H16O. The van der Waals surface area contributed by atoms with Gasteiger partial charge in [0.25, 0.3) is 0 Å². The number of hydrogen-bond donors (Lipinski definition) is 0. The number of aldehydes is 1. The molecule has 0 aliphatic rings. The predicted molar refractivity (Wildman–Crippen MR) is 59.1 cm³/mol. The van der Waals surface area contributed by atoms with E-state index in [9.17, 15) is 4.79 Å². The Morgan fingerprint density at radius 1 is 1.29 bits per heavy atom. The minimum Gasteiger partial charge on any atom is -0.299 e. The van der Waals surface area contributed by atoms with E-state index in [-0.39, 0.29) is 0 Å². The lowest BCUT2D eigenvalue weighted by molar-refractivity contribution is -0.104. The van der Waals surface area contributed by atoms with Crippen LogP contribution in [-0.2, 0) is 11.2 Å². The number of carbonyl (C=O) groups excluding carboxylic acids is 1. The molecule has 0 aliphatic carbocycles. The summed E-state index contributed by atoms with van der Waals surface area (Å²) >= 11 is 0. The zero-order chi connectivity index (χ0) is 10.2. The summed E-state index contributed by atoms with van der Waals surface area (Å²) in [7, 11) is 0. The van der Waals surface area contributed by atoms with Crippen LogP contribution in [0.2, 0.25) is 0 Å². The molecule has 74 valence electrons. The van der Waals surface area contributed by atoms with Crippen molar-refractivity contribution < 1.29 is 4.79 Å². The Hall–Kier alpha value is -1.37. The maximum atomic E-state index is 10.1. The lowest BCUT2D eigenvalue weighted by atomic mass is 10.0. The molecule has 1 rings (SSSR count). The van der Waals surface area contributed by atoms with Crippen LogP contribution in [0.15, 0.2) is 42.5 Å². The highest BCUT2D eigenvalue weighted by Gasteiger charge is 1.97. The fraction of sp³-hybridized carbons (Fsp3) is 0.308.